The first-order valence-corrected chi connectivity index (χ1v) is 3.74. The van der Waals surface area contributed by atoms with Crippen LogP contribution in [-0.2, 0) is 4.79 Å². The summed E-state index contributed by atoms with van der Waals surface area (Å²) in [5.74, 6) is 0.125. The Morgan fingerprint density at radius 3 is 2.73 bits per heavy atom. The van der Waals surface area contributed by atoms with Gasteiger partial charge in [0.2, 0.25) is 5.91 Å². The monoisotopic (exact) mass is 155 g/mol. The fourth-order valence-corrected chi connectivity index (χ4v) is 1.47. The lowest BCUT2D eigenvalue weighted by Crippen LogP contribution is -2.42. The molecule has 1 atom stereocenters. The van der Waals surface area contributed by atoms with Crippen molar-refractivity contribution >= 4 is 11.7 Å². The van der Waals surface area contributed by atoms with Crippen molar-refractivity contribution in [3.8, 4) is 0 Å². The minimum atomic E-state index is -0.132. The summed E-state index contributed by atoms with van der Waals surface area (Å²) in [6, 6.07) is -0.132. The van der Waals surface area contributed by atoms with Crippen molar-refractivity contribution in [3.63, 3.8) is 0 Å². The van der Waals surface area contributed by atoms with E-state index in [9.17, 15) is 4.79 Å². The van der Waals surface area contributed by atoms with Gasteiger partial charge >= 0.3 is 0 Å². The molecule has 0 aliphatic carbocycles. The molecule has 1 rings (SSSR count). The molecule has 0 aromatic heterocycles. The number of carbonyl (C=O) groups is 1. The van der Waals surface area contributed by atoms with Gasteiger partial charge in [-0.15, -0.1) is 0 Å². The molecule has 4 nitrogen and oxygen atoms in total. The molecule has 3 N–H and O–H groups in total. The Balaban J connectivity index is 2.65. The van der Waals surface area contributed by atoms with Gasteiger partial charge in [-0.2, -0.15) is 0 Å². The smallest absolute Gasteiger partial charge is 0.220 e. The molecule has 0 saturated carbocycles. The molecule has 1 fully saturated rings. The highest BCUT2D eigenvalue weighted by molar-refractivity contribution is 5.88. The predicted octanol–water partition coefficient (Wildman–Crippen LogP) is -0.0667. The maximum atomic E-state index is 10.9. The number of nitrogens with zero attached hydrogens (tertiary/aromatic N) is 1. The molecule has 1 amide bonds. The van der Waals surface area contributed by atoms with Crippen molar-refractivity contribution in [1.29, 1.82) is 5.41 Å². The first-order valence-electron chi connectivity index (χ1n) is 3.74. The molecule has 0 spiro atoms. The fraction of sp³-hybridized carbons (Fsp3) is 0.714. The minimum absolute atomic E-state index is 0.0164. The van der Waals surface area contributed by atoms with Crippen molar-refractivity contribution in [2.75, 3.05) is 6.54 Å². The summed E-state index contributed by atoms with van der Waals surface area (Å²) in [6.45, 7) is 2.26. The number of likely N-dealkylation sites (tertiary alicyclic amines) is 1. The Bertz CT molecular complexity index is 170. The maximum Gasteiger partial charge on any atom is 0.220 e. The number of amides is 1. The molecule has 1 saturated heterocycles. The van der Waals surface area contributed by atoms with Crippen LogP contribution in [0.5, 0.6) is 0 Å². The zero-order chi connectivity index (χ0) is 8.43. The van der Waals surface area contributed by atoms with E-state index in [2.05, 4.69) is 0 Å². The van der Waals surface area contributed by atoms with Crippen molar-refractivity contribution in [1.82, 2.24) is 4.90 Å². The average Bonchev–Trinajstić information content (AvgIpc) is 2.32. The van der Waals surface area contributed by atoms with Crippen LogP contribution in [0.4, 0.5) is 0 Å². The van der Waals surface area contributed by atoms with E-state index in [1.165, 1.54) is 6.92 Å². The summed E-state index contributed by atoms with van der Waals surface area (Å²) in [5, 5.41) is 7.20. The van der Waals surface area contributed by atoms with Crippen LogP contribution < -0.4 is 5.73 Å². The fourth-order valence-electron chi connectivity index (χ4n) is 1.47. The summed E-state index contributed by atoms with van der Waals surface area (Å²) >= 11 is 0. The second-order valence-corrected chi connectivity index (χ2v) is 2.83. The van der Waals surface area contributed by atoms with Gasteiger partial charge in [0.05, 0.1) is 6.04 Å². The van der Waals surface area contributed by atoms with E-state index in [-0.39, 0.29) is 17.8 Å². The lowest BCUT2D eigenvalue weighted by Gasteiger charge is -2.21. The second-order valence-electron chi connectivity index (χ2n) is 2.83. The zero-order valence-corrected chi connectivity index (χ0v) is 6.63. The molecule has 1 aliphatic heterocycles. The maximum absolute atomic E-state index is 10.9. The Labute approximate surface area is 65.9 Å². The van der Waals surface area contributed by atoms with Crippen LogP contribution >= 0.6 is 0 Å². The predicted molar refractivity (Wildman–Crippen MR) is 42.3 cm³/mol. The lowest BCUT2D eigenvalue weighted by atomic mass is 10.2. The van der Waals surface area contributed by atoms with Gasteiger partial charge in [0.1, 0.15) is 5.84 Å². The van der Waals surface area contributed by atoms with Gasteiger partial charge in [0, 0.05) is 13.5 Å². The Morgan fingerprint density at radius 2 is 2.36 bits per heavy atom. The van der Waals surface area contributed by atoms with Crippen molar-refractivity contribution in [2.24, 2.45) is 5.73 Å². The Kier molecular flexibility index (Phi) is 2.12. The number of carbonyl (C=O) groups excluding carboxylic acids is 1. The van der Waals surface area contributed by atoms with Gasteiger partial charge in [0.25, 0.3) is 0 Å². The molecule has 1 unspecified atom stereocenters. The van der Waals surface area contributed by atoms with Gasteiger partial charge in [-0.3, -0.25) is 10.2 Å². The van der Waals surface area contributed by atoms with Crippen LogP contribution in [0.3, 0.4) is 0 Å². The molecular weight excluding hydrogens is 142 g/mol. The Morgan fingerprint density at radius 1 is 1.73 bits per heavy atom. The minimum Gasteiger partial charge on any atom is -0.386 e. The van der Waals surface area contributed by atoms with Gasteiger partial charge < -0.3 is 10.6 Å². The van der Waals surface area contributed by atoms with Gasteiger partial charge in [-0.05, 0) is 12.8 Å². The number of rotatable bonds is 1. The van der Waals surface area contributed by atoms with E-state index in [4.69, 9.17) is 11.1 Å². The highest BCUT2D eigenvalue weighted by atomic mass is 16.2. The summed E-state index contributed by atoms with van der Waals surface area (Å²) in [4.78, 5) is 12.6. The van der Waals surface area contributed by atoms with E-state index in [0.717, 1.165) is 19.4 Å². The van der Waals surface area contributed by atoms with Gasteiger partial charge in [-0.25, -0.2) is 0 Å². The third kappa shape index (κ3) is 1.50. The Hall–Kier alpha value is -1.06. The molecule has 62 valence electrons. The van der Waals surface area contributed by atoms with E-state index in [0.29, 0.717) is 0 Å². The third-order valence-electron chi connectivity index (χ3n) is 2.02. The molecule has 4 heteroatoms. The number of nitrogens with one attached hydrogen (secondary N) is 1. The van der Waals surface area contributed by atoms with Crippen LogP contribution in [0.1, 0.15) is 19.8 Å². The SMILES string of the molecule is CC(=O)N1CCCC1C(=N)N. The molecule has 0 radical (unpaired) electrons. The van der Waals surface area contributed by atoms with Crippen LogP contribution in [0.15, 0.2) is 0 Å². The van der Waals surface area contributed by atoms with Crippen LogP contribution in [0, 0.1) is 5.41 Å². The van der Waals surface area contributed by atoms with Gasteiger partial charge in [0.15, 0.2) is 0 Å². The zero-order valence-electron chi connectivity index (χ0n) is 6.63. The van der Waals surface area contributed by atoms with E-state index < -0.39 is 0 Å². The first kappa shape index (κ1) is 8.04. The highest BCUT2D eigenvalue weighted by Gasteiger charge is 2.28. The molecule has 1 heterocycles. The number of hydrogen-bond acceptors (Lipinski definition) is 2. The lowest BCUT2D eigenvalue weighted by molar-refractivity contribution is -0.128. The largest absolute Gasteiger partial charge is 0.386 e. The number of amidine groups is 1. The van der Waals surface area contributed by atoms with Crippen molar-refractivity contribution in [3.05, 3.63) is 0 Å². The second kappa shape index (κ2) is 2.90. The number of hydrogen-bond donors (Lipinski definition) is 2. The summed E-state index contributed by atoms with van der Waals surface area (Å²) in [7, 11) is 0. The molecular formula is C7H13N3O. The summed E-state index contributed by atoms with van der Waals surface area (Å²) in [6.07, 6.45) is 1.80. The summed E-state index contributed by atoms with van der Waals surface area (Å²) in [5.41, 5.74) is 5.32. The molecule has 0 bridgehead atoms. The standard InChI is InChI=1S/C7H13N3O/c1-5(11)10-4-2-3-6(10)7(8)9/h6H,2-4H2,1H3,(H3,8,9). The van der Waals surface area contributed by atoms with Gasteiger partial charge in [-0.1, -0.05) is 0 Å². The third-order valence-corrected chi connectivity index (χ3v) is 2.02. The normalized spacial score (nSPS) is 23.7. The quantitative estimate of drug-likeness (QED) is 0.411. The van der Waals surface area contributed by atoms with E-state index >= 15 is 0 Å². The first-order chi connectivity index (χ1) is 5.13. The van der Waals surface area contributed by atoms with Crippen LogP contribution in [0.2, 0.25) is 0 Å². The molecule has 1 aliphatic rings. The van der Waals surface area contributed by atoms with Crippen molar-refractivity contribution in [2.45, 2.75) is 25.8 Å². The van der Waals surface area contributed by atoms with E-state index in [1.54, 1.807) is 4.90 Å². The van der Waals surface area contributed by atoms with Crippen LogP contribution in [0.25, 0.3) is 0 Å². The summed E-state index contributed by atoms with van der Waals surface area (Å²) < 4.78 is 0. The molecule has 0 aromatic rings. The molecule has 0 aromatic carbocycles. The van der Waals surface area contributed by atoms with Crippen molar-refractivity contribution < 1.29 is 4.79 Å². The highest BCUT2D eigenvalue weighted by Crippen LogP contribution is 2.16. The average molecular weight is 155 g/mol. The van der Waals surface area contributed by atoms with E-state index in [1.807, 2.05) is 0 Å². The number of nitrogens with two attached hydrogens (primary N) is 1. The van der Waals surface area contributed by atoms with Crippen LogP contribution in [-0.4, -0.2) is 29.2 Å². The molecule has 11 heavy (non-hydrogen) atoms. The topological polar surface area (TPSA) is 70.2 Å².